The van der Waals surface area contributed by atoms with Gasteiger partial charge in [-0.05, 0) is 60.1 Å². The van der Waals surface area contributed by atoms with E-state index in [1.165, 1.54) is 27.9 Å². The monoisotopic (exact) mass is 483 g/mol. The highest BCUT2D eigenvalue weighted by molar-refractivity contribution is 5.54. The van der Waals surface area contributed by atoms with E-state index in [1.54, 1.807) is 0 Å². The Bertz CT molecular complexity index is 1400. The molecule has 1 aromatic heterocycles. The molecule has 0 atom stereocenters. The molecule has 184 valence electrons. The van der Waals surface area contributed by atoms with Crippen LogP contribution < -0.4 is 5.73 Å². The molecule has 0 radical (unpaired) electrons. The van der Waals surface area contributed by atoms with Gasteiger partial charge in [0, 0.05) is 16.8 Å². The van der Waals surface area contributed by atoms with E-state index in [4.69, 9.17) is 10.7 Å². The van der Waals surface area contributed by atoms with Gasteiger partial charge in [-0.3, -0.25) is 0 Å². The fraction of sp³-hybridized carbons (Fsp3) is 0.206. The zero-order valence-electron chi connectivity index (χ0n) is 21.5. The molecular weight excluding hydrogens is 450 g/mol. The van der Waals surface area contributed by atoms with Crippen molar-refractivity contribution in [1.29, 1.82) is 0 Å². The number of benzene rings is 4. The Morgan fingerprint density at radius 2 is 1.27 bits per heavy atom. The van der Waals surface area contributed by atoms with Gasteiger partial charge in [0.25, 0.3) is 0 Å². The highest BCUT2D eigenvalue weighted by Gasteiger charge is 2.49. The van der Waals surface area contributed by atoms with Crippen LogP contribution in [0.5, 0.6) is 0 Å². The van der Waals surface area contributed by atoms with E-state index in [0.29, 0.717) is 5.92 Å². The molecule has 1 aliphatic rings. The van der Waals surface area contributed by atoms with E-state index < -0.39 is 5.54 Å². The lowest BCUT2D eigenvalue weighted by molar-refractivity contribution is 0.194. The molecule has 3 nitrogen and oxygen atoms in total. The number of hydrogen-bond acceptors (Lipinski definition) is 2. The van der Waals surface area contributed by atoms with E-state index >= 15 is 0 Å². The fourth-order valence-electron chi connectivity index (χ4n) is 6.70. The van der Waals surface area contributed by atoms with E-state index in [9.17, 15) is 0 Å². The smallest absolute Gasteiger partial charge is 0.121 e. The quantitative estimate of drug-likeness (QED) is 0.203. The molecule has 1 heterocycles. The summed E-state index contributed by atoms with van der Waals surface area (Å²) < 4.78 is 2.40. The van der Waals surface area contributed by atoms with Crippen LogP contribution in [0.3, 0.4) is 0 Å². The lowest BCUT2D eigenvalue weighted by Crippen LogP contribution is -2.43. The van der Waals surface area contributed by atoms with Crippen molar-refractivity contribution < 1.29 is 0 Å². The summed E-state index contributed by atoms with van der Waals surface area (Å²) in [5, 5.41) is 0. The zero-order valence-corrected chi connectivity index (χ0v) is 21.5. The second-order valence-electron chi connectivity index (χ2n) is 10.6. The van der Waals surface area contributed by atoms with Gasteiger partial charge in [-0.2, -0.15) is 0 Å². The first kappa shape index (κ1) is 23.3. The summed E-state index contributed by atoms with van der Waals surface area (Å²) >= 11 is 0. The third kappa shape index (κ3) is 3.61. The van der Waals surface area contributed by atoms with Gasteiger partial charge < -0.3 is 10.3 Å². The van der Waals surface area contributed by atoms with Crippen LogP contribution in [0.2, 0.25) is 0 Å². The number of nitrogen functional groups attached to an aromatic ring is 1. The van der Waals surface area contributed by atoms with Crippen molar-refractivity contribution in [1.82, 2.24) is 9.55 Å². The van der Waals surface area contributed by atoms with Crippen molar-refractivity contribution in [2.75, 3.05) is 5.73 Å². The Morgan fingerprint density at radius 3 is 1.73 bits per heavy atom. The molecule has 0 saturated heterocycles. The van der Waals surface area contributed by atoms with E-state index in [-0.39, 0.29) is 5.41 Å². The molecule has 1 saturated carbocycles. The van der Waals surface area contributed by atoms with Crippen LogP contribution in [0.25, 0.3) is 0 Å². The summed E-state index contributed by atoms with van der Waals surface area (Å²) in [6, 6.07) is 40.8. The van der Waals surface area contributed by atoms with Crippen LogP contribution in [0.15, 0.2) is 122 Å². The molecular formula is C34H33N3. The Hall–Kier alpha value is -4.11. The van der Waals surface area contributed by atoms with Crippen LogP contribution in [0.1, 0.15) is 53.4 Å². The molecule has 0 aliphatic heterocycles. The number of nitrogens with two attached hydrogens (primary N) is 1. The number of imidazole rings is 1. The van der Waals surface area contributed by atoms with E-state index in [1.807, 2.05) is 6.07 Å². The summed E-state index contributed by atoms with van der Waals surface area (Å²) in [6.45, 7) is 4.57. The SMILES string of the molecule is Cc1c(C2(c3cccc(N)c3)CC(C)C2)ncn1C(c1ccccc1)(c1ccccc1)c1ccccc1. The highest BCUT2D eigenvalue weighted by atomic mass is 15.1. The first-order valence-corrected chi connectivity index (χ1v) is 13.1. The molecule has 4 aromatic carbocycles. The van der Waals surface area contributed by atoms with Crippen molar-refractivity contribution in [2.45, 2.75) is 37.6 Å². The standard InChI is InChI=1S/C34H33N3/c1-25-22-33(23-25,30-19-12-20-31(35)21-30)32-26(2)37(24-36-32)34(27-13-6-3-7-14-27,28-15-8-4-9-16-28)29-17-10-5-11-18-29/h3-21,24-25H,22-23,35H2,1-2H3. The van der Waals surface area contributed by atoms with Gasteiger partial charge in [0.1, 0.15) is 5.54 Å². The summed E-state index contributed by atoms with van der Waals surface area (Å²) in [6.07, 6.45) is 4.21. The largest absolute Gasteiger partial charge is 0.399 e. The highest BCUT2D eigenvalue weighted by Crippen LogP contribution is 2.54. The van der Waals surface area contributed by atoms with Gasteiger partial charge in [-0.25, -0.2) is 4.98 Å². The summed E-state index contributed by atoms with van der Waals surface area (Å²) in [7, 11) is 0. The summed E-state index contributed by atoms with van der Waals surface area (Å²) in [5.41, 5.74) is 13.6. The molecule has 0 bridgehead atoms. The first-order valence-electron chi connectivity index (χ1n) is 13.1. The van der Waals surface area contributed by atoms with Crippen molar-refractivity contribution in [3.63, 3.8) is 0 Å². The van der Waals surface area contributed by atoms with Crippen LogP contribution in [-0.4, -0.2) is 9.55 Å². The number of hydrogen-bond donors (Lipinski definition) is 1. The number of nitrogens with zero attached hydrogens (tertiary/aromatic N) is 2. The number of rotatable bonds is 6. The van der Waals surface area contributed by atoms with Crippen LogP contribution in [-0.2, 0) is 11.0 Å². The van der Waals surface area contributed by atoms with E-state index in [0.717, 1.165) is 24.2 Å². The molecule has 5 aromatic rings. The van der Waals surface area contributed by atoms with Gasteiger partial charge in [0.05, 0.1) is 12.0 Å². The van der Waals surface area contributed by atoms with E-state index in [2.05, 4.69) is 134 Å². The average Bonchev–Trinajstić information content (AvgIpc) is 3.30. The Balaban J connectivity index is 1.65. The first-order chi connectivity index (χ1) is 18.1. The Kier molecular flexibility index (Phi) is 5.72. The minimum atomic E-state index is -0.564. The predicted molar refractivity (Wildman–Crippen MR) is 152 cm³/mol. The van der Waals surface area contributed by atoms with Crippen molar-refractivity contribution in [2.24, 2.45) is 5.92 Å². The zero-order chi connectivity index (χ0) is 25.5. The third-order valence-electron chi connectivity index (χ3n) is 8.23. The molecule has 6 rings (SSSR count). The lowest BCUT2D eigenvalue weighted by atomic mass is 9.57. The molecule has 3 heteroatoms. The molecule has 1 aliphatic carbocycles. The van der Waals surface area contributed by atoms with Crippen molar-refractivity contribution in [3.8, 4) is 0 Å². The Labute approximate surface area is 219 Å². The molecule has 0 amide bonds. The molecule has 37 heavy (non-hydrogen) atoms. The summed E-state index contributed by atoms with van der Waals surface area (Å²) in [4.78, 5) is 5.21. The summed E-state index contributed by atoms with van der Waals surface area (Å²) in [5.74, 6) is 0.646. The minimum Gasteiger partial charge on any atom is -0.399 e. The van der Waals surface area contributed by atoms with Crippen molar-refractivity contribution in [3.05, 3.63) is 155 Å². The second kappa shape index (κ2) is 9.08. The van der Waals surface area contributed by atoms with Crippen LogP contribution >= 0.6 is 0 Å². The van der Waals surface area contributed by atoms with Gasteiger partial charge in [0.2, 0.25) is 0 Å². The van der Waals surface area contributed by atoms with Gasteiger partial charge in [0.15, 0.2) is 0 Å². The predicted octanol–water partition coefficient (Wildman–Crippen LogP) is 7.33. The van der Waals surface area contributed by atoms with Gasteiger partial charge in [-0.15, -0.1) is 0 Å². The normalized spacial score (nSPS) is 19.4. The number of aromatic nitrogens is 2. The Morgan fingerprint density at radius 1 is 0.757 bits per heavy atom. The van der Waals surface area contributed by atoms with Crippen molar-refractivity contribution >= 4 is 5.69 Å². The van der Waals surface area contributed by atoms with Gasteiger partial charge in [-0.1, -0.05) is 110 Å². The maximum Gasteiger partial charge on any atom is 0.121 e. The van der Waals surface area contributed by atoms with Crippen LogP contribution in [0.4, 0.5) is 5.69 Å². The average molecular weight is 484 g/mol. The topological polar surface area (TPSA) is 43.8 Å². The fourth-order valence-corrected chi connectivity index (χ4v) is 6.70. The molecule has 1 fully saturated rings. The third-order valence-corrected chi connectivity index (χ3v) is 8.23. The second-order valence-corrected chi connectivity index (χ2v) is 10.6. The molecule has 0 unspecified atom stereocenters. The maximum atomic E-state index is 6.26. The minimum absolute atomic E-state index is 0.125. The maximum absolute atomic E-state index is 6.26. The van der Waals surface area contributed by atoms with Crippen LogP contribution in [0, 0.1) is 12.8 Å². The van der Waals surface area contributed by atoms with Gasteiger partial charge >= 0.3 is 0 Å². The number of anilines is 1. The molecule has 0 spiro atoms. The lowest BCUT2D eigenvalue weighted by Gasteiger charge is -2.47. The molecule has 2 N–H and O–H groups in total.